The molecule has 1 amide bonds. The van der Waals surface area contributed by atoms with Gasteiger partial charge in [-0.15, -0.1) is 0 Å². The van der Waals surface area contributed by atoms with E-state index < -0.39 is 28.0 Å². The van der Waals surface area contributed by atoms with Gasteiger partial charge in [0.1, 0.15) is 0 Å². The largest absolute Gasteiger partial charge is 0.391 e. The first-order valence-electron chi connectivity index (χ1n) is 23.0. The molecule has 0 aromatic heterocycles. The van der Waals surface area contributed by atoms with Crippen molar-refractivity contribution in [2.45, 2.75) is 257 Å². The topological polar surface area (TPSA) is 104 Å². The van der Waals surface area contributed by atoms with Gasteiger partial charge >= 0.3 is 0 Å². The van der Waals surface area contributed by atoms with Crippen molar-refractivity contribution in [2.75, 3.05) is 5.75 Å². The lowest BCUT2D eigenvalue weighted by molar-refractivity contribution is -0.122. The SMILES string of the molecule is CCCCCC/C=C\C/C=C\CCCCCCCCCC(=O)NC(CS(=O)(=O)O)C(O)CCCCCCCCCCCCCCCCCCCCCC. The first-order valence-corrected chi connectivity index (χ1v) is 24.6. The molecule has 2 atom stereocenters. The zero-order valence-corrected chi connectivity index (χ0v) is 36.0. The molecule has 0 aliphatic carbocycles. The number of aliphatic hydroxyl groups excluding tert-OH is 1. The Morgan fingerprint density at radius 2 is 0.849 bits per heavy atom. The highest BCUT2D eigenvalue weighted by atomic mass is 32.2. The van der Waals surface area contributed by atoms with Gasteiger partial charge in [0.2, 0.25) is 5.91 Å². The van der Waals surface area contributed by atoms with E-state index in [1.807, 2.05) is 0 Å². The van der Waals surface area contributed by atoms with Crippen LogP contribution in [0.15, 0.2) is 24.3 Å². The third-order valence-electron chi connectivity index (χ3n) is 10.7. The standard InChI is InChI=1S/C46H89NO5S/c1-3-5-7-9-11-13-15-17-19-21-23-24-25-27-29-31-33-35-37-39-41-45(48)44(43-53(50,51)52)47-46(49)42-40-38-36-34-32-30-28-26-22-20-18-16-14-12-10-8-6-4-2/h14,16,20,22,44-45,48H,3-13,15,17-19,21,23-43H2,1-2H3,(H,47,49)(H,50,51,52)/b16-14-,22-20-. The zero-order chi connectivity index (χ0) is 38.9. The fourth-order valence-electron chi connectivity index (χ4n) is 7.19. The number of nitrogens with one attached hydrogen (secondary N) is 1. The number of hydrogen-bond donors (Lipinski definition) is 3. The van der Waals surface area contributed by atoms with Gasteiger partial charge in [0, 0.05) is 6.42 Å². The quantitative estimate of drug-likeness (QED) is 0.0326. The van der Waals surface area contributed by atoms with E-state index in [1.54, 1.807) is 0 Å². The Labute approximate surface area is 330 Å². The molecule has 6 nitrogen and oxygen atoms in total. The van der Waals surface area contributed by atoms with E-state index in [0.717, 1.165) is 57.8 Å². The summed E-state index contributed by atoms with van der Waals surface area (Å²) in [4.78, 5) is 12.6. The van der Waals surface area contributed by atoms with Crippen LogP contribution in [0.4, 0.5) is 0 Å². The molecule has 314 valence electrons. The summed E-state index contributed by atoms with van der Waals surface area (Å²) in [7, 11) is -4.31. The minimum absolute atomic E-state index is 0.251. The summed E-state index contributed by atoms with van der Waals surface area (Å²) in [5.41, 5.74) is 0. The monoisotopic (exact) mass is 768 g/mol. The van der Waals surface area contributed by atoms with E-state index in [9.17, 15) is 22.9 Å². The average Bonchev–Trinajstić information content (AvgIpc) is 3.12. The van der Waals surface area contributed by atoms with Crippen LogP contribution in [0.1, 0.15) is 245 Å². The maximum absolute atomic E-state index is 12.6. The lowest BCUT2D eigenvalue weighted by Crippen LogP contribution is -2.47. The second-order valence-electron chi connectivity index (χ2n) is 16.0. The third-order valence-corrected chi connectivity index (χ3v) is 11.4. The van der Waals surface area contributed by atoms with Crippen LogP contribution in [0, 0.1) is 0 Å². The van der Waals surface area contributed by atoms with Gasteiger partial charge in [0.05, 0.1) is 17.9 Å². The van der Waals surface area contributed by atoms with Crippen LogP contribution in [-0.2, 0) is 14.9 Å². The van der Waals surface area contributed by atoms with Crippen molar-refractivity contribution in [1.82, 2.24) is 5.32 Å². The molecule has 0 aromatic carbocycles. The molecule has 0 radical (unpaired) electrons. The number of unbranched alkanes of at least 4 members (excludes halogenated alkanes) is 30. The lowest BCUT2D eigenvalue weighted by Gasteiger charge is -2.23. The Morgan fingerprint density at radius 3 is 1.25 bits per heavy atom. The van der Waals surface area contributed by atoms with Gasteiger partial charge in [-0.05, 0) is 44.9 Å². The summed E-state index contributed by atoms with van der Waals surface area (Å²) in [5, 5.41) is 13.4. The van der Waals surface area contributed by atoms with Gasteiger partial charge in [-0.3, -0.25) is 9.35 Å². The van der Waals surface area contributed by atoms with Crippen LogP contribution in [-0.4, -0.2) is 41.9 Å². The second-order valence-corrected chi connectivity index (χ2v) is 17.5. The van der Waals surface area contributed by atoms with Crippen molar-refractivity contribution in [3.05, 3.63) is 24.3 Å². The van der Waals surface area contributed by atoms with Crippen LogP contribution < -0.4 is 5.32 Å². The summed E-state index contributed by atoms with van der Waals surface area (Å²) in [6.45, 7) is 4.53. The first kappa shape index (κ1) is 51.8. The van der Waals surface area contributed by atoms with Crippen LogP contribution in [0.5, 0.6) is 0 Å². The molecule has 0 fully saturated rings. The Hall–Kier alpha value is -1.18. The van der Waals surface area contributed by atoms with Crippen LogP contribution >= 0.6 is 0 Å². The van der Waals surface area contributed by atoms with Crippen molar-refractivity contribution >= 4 is 16.0 Å². The predicted molar refractivity (Wildman–Crippen MR) is 230 cm³/mol. The average molecular weight is 768 g/mol. The number of carbonyl (C=O) groups is 1. The van der Waals surface area contributed by atoms with Crippen molar-refractivity contribution in [3.8, 4) is 0 Å². The second kappa shape index (κ2) is 40.5. The smallest absolute Gasteiger partial charge is 0.266 e. The highest BCUT2D eigenvalue weighted by Crippen LogP contribution is 2.17. The van der Waals surface area contributed by atoms with E-state index in [-0.39, 0.29) is 5.91 Å². The molecule has 0 aliphatic rings. The molecule has 7 heteroatoms. The molecule has 3 N–H and O–H groups in total. The fraction of sp³-hybridized carbons (Fsp3) is 0.891. The van der Waals surface area contributed by atoms with E-state index in [4.69, 9.17) is 0 Å². The summed E-state index contributed by atoms with van der Waals surface area (Å²) >= 11 is 0. The van der Waals surface area contributed by atoms with Gasteiger partial charge in [-0.25, -0.2) is 0 Å². The fourth-order valence-corrected chi connectivity index (χ4v) is 7.95. The van der Waals surface area contributed by atoms with Gasteiger partial charge in [-0.2, -0.15) is 8.42 Å². The van der Waals surface area contributed by atoms with Gasteiger partial charge in [0.25, 0.3) is 10.1 Å². The summed E-state index contributed by atoms with van der Waals surface area (Å²) in [6, 6.07) is -0.974. The maximum atomic E-state index is 12.6. The molecule has 53 heavy (non-hydrogen) atoms. The van der Waals surface area contributed by atoms with E-state index in [1.165, 1.54) is 161 Å². The van der Waals surface area contributed by atoms with Crippen LogP contribution in [0.25, 0.3) is 0 Å². The molecule has 0 saturated carbocycles. The van der Waals surface area contributed by atoms with E-state index in [0.29, 0.717) is 12.8 Å². The number of rotatable bonds is 42. The Balaban J connectivity index is 3.80. The molecule has 0 bridgehead atoms. The van der Waals surface area contributed by atoms with Crippen molar-refractivity contribution in [1.29, 1.82) is 0 Å². The predicted octanol–water partition coefficient (Wildman–Crippen LogP) is 13.9. The molecular formula is C46H89NO5S. The molecular weight excluding hydrogens is 679 g/mol. The minimum Gasteiger partial charge on any atom is -0.391 e. The van der Waals surface area contributed by atoms with E-state index >= 15 is 0 Å². The van der Waals surface area contributed by atoms with Crippen molar-refractivity contribution in [3.63, 3.8) is 0 Å². The summed E-state index contributed by atoms with van der Waals surface area (Å²) in [5.74, 6) is -0.899. The molecule has 2 unspecified atom stereocenters. The lowest BCUT2D eigenvalue weighted by atomic mass is 10.0. The molecule has 0 aromatic rings. The van der Waals surface area contributed by atoms with Gasteiger partial charge < -0.3 is 10.4 Å². The highest BCUT2D eigenvalue weighted by Gasteiger charge is 2.26. The molecule has 0 spiro atoms. The van der Waals surface area contributed by atoms with Gasteiger partial charge in [0.15, 0.2) is 0 Å². The normalized spacial score (nSPS) is 13.4. The Morgan fingerprint density at radius 1 is 0.509 bits per heavy atom. The number of allylic oxidation sites excluding steroid dienone is 4. The number of carbonyl (C=O) groups excluding carboxylic acids is 1. The molecule has 0 heterocycles. The molecule has 0 rings (SSSR count). The first-order chi connectivity index (χ1) is 25.8. The highest BCUT2D eigenvalue weighted by molar-refractivity contribution is 7.85. The van der Waals surface area contributed by atoms with Crippen molar-refractivity contribution in [2.24, 2.45) is 0 Å². The zero-order valence-electron chi connectivity index (χ0n) is 35.2. The van der Waals surface area contributed by atoms with Crippen molar-refractivity contribution < 1.29 is 22.9 Å². The van der Waals surface area contributed by atoms with Crippen LogP contribution in [0.2, 0.25) is 0 Å². The Kier molecular flexibility index (Phi) is 39.6. The molecule has 0 aliphatic heterocycles. The number of amides is 1. The maximum Gasteiger partial charge on any atom is 0.266 e. The van der Waals surface area contributed by atoms with E-state index in [2.05, 4.69) is 43.5 Å². The Bertz CT molecular complexity index is 934. The number of hydrogen-bond acceptors (Lipinski definition) is 4. The third kappa shape index (κ3) is 41.8. The molecule has 0 saturated heterocycles. The van der Waals surface area contributed by atoms with Gasteiger partial charge in [-0.1, -0.05) is 218 Å². The summed E-state index contributed by atoms with van der Waals surface area (Å²) < 4.78 is 32.6. The minimum atomic E-state index is -4.31. The van der Waals surface area contributed by atoms with Crippen LogP contribution in [0.3, 0.4) is 0 Å². The number of aliphatic hydroxyl groups is 1. The summed E-state index contributed by atoms with van der Waals surface area (Å²) in [6.07, 6.45) is 51.3.